The molecular weight excluding hydrogens is 369 g/mol. The van der Waals surface area contributed by atoms with Gasteiger partial charge >= 0.3 is 6.09 Å². The Morgan fingerprint density at radius 2 is 2.15 bits per heavy atom. The zero-order valence-electron chi connectivity index (χ0n) is 11.8. The zero-order valence-corrected chi connectivity index (χ0v) is 14.0. The molecule has 1 aromatic carbocycles. The highest BCUT2D eigenvalue weighted by molar-refractivity contribution is 14.1. The van der Waals surface area contributed by atoms with Crippen LogP contribution in [-0.4, -0.2) is 18.2 Å². The summed E-state index contributed by atoms with van der Waals surface area (Å²) in [6.45, 7) is 6.06. The molecule has 1 amide bonds. The molecular formula is C15H18INO3. The molecule has 2 rings (SSSR count). The number of halogens is 1. The van der Waals surface area contributed by atoms with Crippen molar-refractivity contribution in [2.24, 2.45) is 0 Å². The van der Waals surface area contributed by atoms with Gasteiger partial charge in [-0.2, -0.15) is 0 Å². The number of nitrogens with one attached hydrogen (secondary N) is 1. The van der Waals surface area contributed by atoms with Crippen LogP contribution < -0.4 is 5.32 Å². The van der Waals surface area contributed by atoms with Gasteiger partial charge in [-0.1, -0.05) is 0 Å². The Kier molecular flexibility index (Phi) is 4.57. The van der Waals surface area contributed by atoms with Gasteiger partial charge in [0.15, 0.2) is 0 Å². The monoisotopic (exact) mass is 387 g/mol. The second-order valence-corrected chi connectivity index (χ2v) is 6.83. The van der Waals surface area contributed by atoms with Crippen molar-refractivity contribution in [3.05, 3.63) is 33.6 Å². The van der Waals surface area contributed by atoms with Crippen molar-refractivity contribution in [1.82, 2.24) is 5.32 Å². The lowest BCUT2D eigenvalue weighted by atomic mass is 10.1. The van der Waals surface area contributed by atoms with Crippen LogP contribution in [0.4, 0.5) is 4.79 Å². The highest BCUT2D eigenvalue weighted by Gasteiger charge is 2.15. The minimum Gasteiger partial charge on any atom is -0.464 e. The van der Waals surface area contributed by atoms with Gasteiger partial charge in [0.25, 0.3) is 0 Å². The minimum atomic E-state index is -0.470. The van der Waals surface area contributed by atoms with Crippen molar-refractivity contribution in [3.8, 4) is 0 Å². The van der Waals surface area contributed by atoms with Gasteiger partial charge in [0.05, 0.1) is 6.26 Å². The van der Waals surface area contributed by atoms with Crippen molar-refractivity contribution < 1.29 is 13.9 Å². The summed E-state index contributed by atoms with van der Waals surface area (Å²) in [7, 11) is 0. The molecule has 20 heavy (non-hydrogen) atoms. The molecule has 0 unspecified atom stereocenters. The SMILES string of the molecule is CC(C)(C)OC(=O)NCCc1coc2ccc(I)cc12. The van der Waals surface area contributed by atoms with Crippen LogP contribution in [0, 0.1) is 3.57 Å². The third-order valence-electron chi connectivity index (χ3n) is 2.68. The van der Waals surface area contributed by atoms with Gasteiger partial charge in [-0.15, -0.1) is 0 Å². The van der Waals surface area contributed by atoms with E-state index in [1.807, 2.05) is 32.9 Å². The molecule has 0 aliphatic heterocycles. The molecule has 0 saturated heterocycles. The predicted octanol–water partition coefficient (Wildman–Crippen LogP) is 4.10. The standard InChI is InChI=1S/C15H18INO3/c1-15(2,3)20-14(18)17-7-6-10-9-19-13-5-4-11(16)8-12(10)13/h4-5,8-9H,6-7H2,1-3H3,(H,17,18). The first kappa shape index (κ1) is 15.2. The Morgan fingerprint density at radius 1 is 1.40 bits per heavy atom. The summed E-state index contributed by atoms with van der Waals surface area (Å²) < 4.78 is 11.8. The highest BCUT2D eigenvalue weighted by Crippen LogP contribution is 2.23. The average molecular weight is 387 g/mol. The maximum Gasteiger partial charge on any atom is 0.407 e. The average Bonchev–Trinajstić information content (AvgIpc) is 2.69. The summed E-state index contributed by atoms with van der Waals surface area (Å²) in [6.07, 6.45) is 2.07. The van der Waals surface area contributed by atoms with Crippen LogP contribution >= 0.6 is 22.6 Å². The molecule has 4 nitrogen and oxygen atoms in total. The normalized spacial score (nSPS) is 11.6. The first-order valence-electron chi connectivity index (χ1n) is 6.47. The predicted molar refractivity (Wildman–Crippen MR) is 86.9 cm³/mol. The molecule has 0 aliphatic carbocycles. The highest BCUT2D eigenvalue weighted by atomic mass is 127. The first-order chi connectivity index (χ1) is 9.35. The smallest absolute Gasteiger partial charge is 0.407 e. The lowest BCUT2D eigenvalue weighted by molar-refractivity contribution is 0.0528. The summed E-state index contributed by atoms with van der Waals surface area (Å²) in [5.74, 6) is 0. The minimum absolute atomic E-state index is 0.389. The van der Waals surface area contributed by atoms with Crippen LogP contribution in [0.15, 0.2) is 28.9 Å². The van der Waals surface area contributed by atoms with E-state index in [-0.39, 0.29) is 6.09 Å². The molecule has 0 spiro atoms. The fraction of sp³-hybridized carbons (Fsp3) is 0.400. The number of fused-ring (bicyclic) bond motifs is 1. The molecule has 5 heteroatoms. The summed E-state index contributed by atoms with van der Waals surface area (Å²) in [5, 5.41) is 3.85. The largest absolute Gasteiger partial charge is 0.464 e. The summed E-state index contributed by atoms with van der Waals surface area (Å²) in [6, 6.07) is 6.05. The second kappa shape index (κ2) is 6.03. The maximum absolute atomic E-state index is 11.5. The third kappa shape index (κ3) is 4.13. The number of alkyl carbamates (subject to hydrolysis) is 1. The summed E-state index contributed by atoms with van der Waals surface area (Å²) >= 11 is 2.27. The molecule has 1 aromatic heterocycles. The van der Waals surface area contributed by atoms with Crippen molar-refractivity contribution in [2.75, 3.05) is 6.54 Å². The Balaban J connectivity index is 1.93. The number of rotatable bonds is 3. The Hall–Kier alpha value is -1.24. The number of carbonyl (C=O) groups excluding carboxylic acids is 1. The maximum atomic E-state index is 11.5. The number of benzene rings is 1. The molecule has 0 bridgehead atoms. The topological polar surface area (TPSA) is 51.5 Å². The van der Waals surface area contributed by atoms with E-state index in [9.17, 15) is 4.79 Å². The summed E-state index contributed by atoms with van der Waals surface area (Å²) in [4.78, 5) is 11.5. The molecule has 0 fully saturated rings. The van der Waals surface area contributed by atoms with Gasteiger partial charge in [0.1, 0.15) is 11.2 Å². The van der Waals surface area contributed by atoms with Crippen LogP contribution in [0.5, 0.6) is 0 Å². The van der Waals surface area contributed by atoms with Gasteiger partial charge in [-0.05, 0) is 73.5 Å². The van der Waals surface area contributed by atoms with Gasteiger partial charge in [0, 0.05) is 15.5 Å². The van der Waals surface area contributed by atoms with E-state index in [0.29, 0.717) is 13.0 Å². The third-order valence-corrected chi connectivity index (χ3v) is 3.35. The van der Waals surface area contributed by atoms with E-state index in [1.54, 1.807) is 6.26 Å². The number of amides is 1. The van der Waals surface area contributed by atoms with Crippen molar-refractivity contribution in [1.29, 1.82) is 0 Å². The molecule has 0 radical (unpaired) electrons. The summed E-state index contributed by atoms with van der Waals surface area (Å²) in [5.41, 5.74) is 1.50. The number of ether oxygens (including phenoxy) is 1. The molecule has 2 aromatic rings. The van der Waals surface area contributed by atoms with Gasteiger partial charge in [-0.3, -0.25) is 0 Å². The number of furan rings is 1. The van der Waals surface area contributed by atoms with E-state index >= 15 is 0 Å². The number of carbonyl (C=O) groups is 1. The molecule has 108 valence electrons. The van der Waals surface area contributed by atoms with Gasteiger partial charge in [-0.25, -0.2) is 4.79 Å². The Bertz CT molecular complexity index is 613. The van der Waals surface area contributed by atoms with Crippen molar-refractivity contribution in [2.45, 2.75) is 32.8 Å². The second-order valence-electron chi connectivity index (χ2n) is 5.58. The zero-order chi connectivity index (χ0) is 14.8. The van der Waals surface area contributed by atoms with E-state index in [4.69, 9.17) is 9.15 Å². The number of hydrogen-bond donors (Lipinski definition) is 1. The van der Waals surface area contributed by atoms with E-state index < -0.39 is 5.60 Å². The van der Waals surface area contributed by atoms with Crippen LogP contribution in [0.3, 0.4) is 0 Å². The van der Waals surface area contributed by atoms with Crippen molar-refractivity contribution in [3.63, 3.8) is 0 Å². The molecule has 0 atom stereocenters. The van der Waals surface area contributed by atoms with Crippen LogP contribution in [0.1, 0.15) is 26.3 Å². The fourth-order valence-corrected chi connectivity index (χ4v) is 2.35. The van der Waals surface area contributed by atoms with Gasteiger partial charge in [0.2, 0.25) is 0 Å². The van der Waals surface area contributed by atoms with E-state index in [0.717, 1.165) is 20.1 Å². The van der Waals surface area contributed by atoms with E-state index in [1.165, 1.54) is 0 Å². The Labute approximate surface area is 132 Å². The molecule has 1 N–H and O–H groups in total. The molecule has 0 aliphatic rings. The number of hydrogen-bond acceptors (Lipinski definition) is 3. The molecule has 1 heterocycles. The van der Waals surface area contributed by atoms with Crippen molar-refractivity contribution >= 4 is 39.7 Å². The quantitative estimate of drug-likeness (QED) is 0.807. The fourth-order valence-electron chi connectivity index (χ4n) is 1.86. The van der Waals surface area contributed by atoms with Crippen LogP contribution in [0.2, 0.25) is 0 Å². The molecule has 0 saturated carbocycles. The lowest BCUT2D eigenvalue weighted by Gasteiger charge is -2.19. The van der Waals surface area contributed by atoms with Crippen LogP contribution in [-0.2, 0) is 11.2 Å². The first-order valence-corrected chi connectivity index (χ1v) is 7.55. The Morgan fingerprint density at radius 3 is 2.85 bits per heavy atom. The van der Waals surface area contributed by atoms with Gasteiger partial charge < -0.3 is 14.5 Å². The van der Waals surface area contributed by atoms with E-state index in [2.05, 4.69) is 34.0 Å². The van der Waals surface area contributed by atoms with Crippen LogP contribution in [0.25, 0.3) is 11.0 Å². The lowest BCUT2D eigenvalue weighted by Crippen LogP contribution is -2.33.